The molecular weight excluding hydrogens is 579 g/mol. The third-order valence-electron chi connectivity index (χ3n) is 6.56. The molecule has 3 aromatic carbocycles. The molecule has 1 atom stereocenters. The lowest BCUT2D eigenvalue weighted by Gasteiger charge is -2.35. The van der Waals surface area contributed by atoms with Crippen LogP contribution in [0.4, 0.5) is 18.9 Å². The SMILES string of the molecule is COC(=O)CC[C@H]1CN(S(=O)(=O)c2cccc(C(F)(F)F)c2)c2cc(-c3noc(-c4ccccc4OC)n3)ccc2O1. The van der Waals surface area contributed by atoms with Crippen LogP contribution < -0.4 is 13.8 Å². The number of nitrogens with zero attached hydrogens (tertiary/aromatic N) is 3. The van der Waals surface area contributed by atoms with E-state index in [2.05, 4.69) is 14.9 Å². The Balaban J connectivity index is 1.55. The van der Waals surface area contributed by atoms with Crippen LogP contribution in [0, 0.1) is 0 Å². The van der Waals surface area contributed by atoms with E-state index in [1.165, 1.54) is 26.4 Å². The molecule has 220 valence electrons. The lowest BCUT2D eigenvalue weighted by Crippen LogP contribution is -2.43. The van der Waals surface area contributed by atoms with Gasteiger partial charge in [-0.15, -0.1) is 0 Å². The number of rotatable bonds is 8. The maximum absolute atomic E-state index is 13.8. The number of hydrogen-bond donors (Lipinski definition) is 0. The summed E-state index contributed by atoms with van der Waals surface area (Å²) in [4.78, 5) is 15.6. The van der Waals surface area contributed by atoms with Gasteiger partial charge in [-0.2, -0.15) is 18.2 Å². The van der Waals surface area contributed by atoms with Gasteiger partial charge in [-0.25, -0.2) is 8.42 Å². The molecule has 42 heavy (non-hydrogen) atoms. The Labute approximate surface area is 238 Å². The molecule has 5 rings (SSSR count). The van der Waals surface area contributed by atoms with E-state index in [9.17, 15) is 26.4 Å². The van der Waals surface area contributed by atoms with E-state index in [4.69, 9.17) is 14.0 Å². The molecule has 0 unspecified atom stereocenters. The van der Waals surface area contributed by atoms with Crippen LogP contribution in [0.15, 0.2) is 76.1 Å². The Morgan fingerprint density at radius 1 is 1.07 bits per heavy atom. The van der Waals surface area contributed by atoms with Gasteiger partial charge in [-0.1, -0.05) is 23.4 Å². The van der Waals surface area contributed by atoms with Crippen molar-refractivity contribution in [1.29, 1.82) is 0 Å². The minimum Gasteiger partial charge on any atom is -0.496 e. The Morgan fingerprint density at radius 2 is 1.86 bits per heavy atom. The number of benzene rings is 3. The van der Waals surface area contributed by atoms with Crippen molar-refractivity contribution >= 4 is 21.7 Å². The van der Waals surface area contributed by atoms with Crippen LogP contribution >= 0.6 is 0 Å². The fourth-order valence-electron chi connectivity index (χ4n) is 4.44. The van der Waals surface area contributed by atoms with Crippen LogP contribution in [0.5, 0.6) is 11.5 Å². The second kappa shape index (κ2) is 11.4. The molecule has 0 radical (unpaired) electrons. The number of sulfonamides is 1. The van der Waals surface area contributed by atoms with Crippen LogP contribution in [0.2, 0.25) is 0 Å². The number of ether oxygens (including phenoxy) is 3. The van der Waals surface area contributed by atoms with Crippen molar-refractivity contribution in [3.8, 4) is 34.3 Å². The molecule has 0 saturated carbocycles. The molecule has 4 aromatic rings. The van der Waals surface area contributed by atoms with Crippen molar-refractivity contribution in [3.05, 3.63) is 72.3 Å². The van der Waals surface area contributed by atoms with Crippen LogP contribution in [0.3, 0.4) is 0 Å². The number of hydrogen-bond acceptors (Lipinski definition) is 9. The number of aromatic nitrogens is 2. The molecule has 0 N–H and O–H groups in total. The summed E-state index contributed by atoms with van der Waals surface area (Å²) in [5, 5.41) is 4.02. The van der Waals surface area contributed by atoms with Crippen molar-refractivity contribution < 1.29 is 45.1 Å². The number of methoxy groups -OCH3 is 2. The van der Waals surface area contributed by atoms with E-state index >= 15 is 0 Å². The lowest BCUT2D eigenvalue weighted by atomic mass is 10.1. The van der Waals surface area contributed by atoms with Gasteiger partial charge in [-0.3, -0.25) is 9.10 Å². The zero-order valence-electron chi connectivity index (χ0n) is 22.3. The first-order valence-corrected chi connectivity index (χ1v) is 14.0. The van der Waals surface area contributed by atoms with Gasteiger partial charge >= 0.3 is 12.1 Å². The number of fused-ring (bicyclic) bond motifs is 1. The summed E-state index contributed by atoms with van der Waals surface area (Å²) >= 11 is 0. The Hall–Kier alpha value is -4.59. The van der Waals surface area contributed by atoms with Gasteiger partial charge in [0.25, 0.3) is 15.9 Å². The number of para-hydroxylation sites is 1. The van der Waals surface area contributed by atoms with Crippen LogP contribution in [-0.4, -0.2) is 51.4 Å². The molecule has 0 saturated heterocycles. The van der Waals surface area contributed by atoms with Crippen LogP contribution in [0.25, 0.3) is 22.8 Å². The van der Waals surface area contributed by atoms with Gasteiger partial charge in [-0.05, 0) is 55.0 Å². The first-order valence-electron chi connectivity index (χ1n) is 12.6. The van der Waals surface area contributed by atoms with Gasteiger partial charge in [0.2, 0.25) is 5.82 Å². The second-order valence-electron chi connectivity index (χ2n) is 9.22. The number of anilines is 1. The standard InChI is InChI=1S/C28H24F3N3O7S/c1-38-23-9-4-3-8-21(23)27-32-26(33-41-27)17-10-12-24-22(14-17)34(16-19(40-24)11-13-25(35)39-2)42(36,37)20-7-5-6-18(15-20)28(29,30)31/h3-10,12,14-15,19H,11,13,16H2,1-2H3/t19-/m0/s1. The van der Waals surface area contributed by atoms with Crippen molar-refractivity contribution in [2.75, 3.05) is 25.1 Å². The number of carbonyl (C=O) groups excluding carboxylic acids is 1. The average Bonchev–Trinajstić information content (AvgIpc) is 3.49. The monoisotopic (exact) mass is 603 g/mol. The summed E-state index contributed by atoms with van der Waals surface area (Å²) in [6.45, 7) is -0.273. The predicted molar refractivity (Wildman–Crippen MR) is 143 cm³/mol. The summed E-state index contributed by atoms with van der Waals surface area (Å²) in [6, 6.07) is 15.0. The second-order valence-corrected chi connectivity index (χ2v) is 11.1. The zero-order valence-corrected chi connectivity index (χ0v) is 23.1. The van der Waals surface area contributed by atoms with Gasteiger partial charge in [0.1, 0.15) is 17.6 Å². The molecule has 0 fully saturated rings. The summed E-state index contributed by atoms with van der Waals surface area (Å²) < 4.78 is 90.3. The third kappa shape index (κ3) is 5.75. The minimum atomic E-state index is -4.75. The van der Waals surface area contributed by atoms with Gasteiger partial charge in [0, 0.05) is 12.0 Å². The van der Waals surface area contributed by atoms with Crippen LogP contribution in [-0.2, 0) is 25.7 Å². The van der Waals surface area contributed by atoms with E-state index in [0.717, 1.165) is 22.5 Å². The smallest absolute Gasteiger partial charge is 0.416 e. The van der Waals surface area contributed by atoms with Crippen molar-refractivity contribution in [1.82, 2.24) is 10.1 Å². The Bertz CT molecular complexity index is 1720. The highest BCUT2D eigenvalue weighted by atomic mass is 32.2. The van der Waals surface area contributed by atoms with Crippen LogP contribution in [0.1, 0.15) is 18.4 Å². The molecule has 10 nitrogen and oxygen atoms in total. The van der Waals surface area contributed by atoms with Gasteiger partial charge < -0.3 is 18.7 Å². The Kier molecular flexibility index (Phi) is 7.82. The van der Waals surface area contributed by atoms with E-state index in [0.29, 0.717) is 22.9 Å². The molecule has 1 aliphatic rings. The minimum absolute atomic E-state index is 0.0549. The van der Waals surface area contributed by atoms with Crippen molar-refractivity contribution in [3.63, 3.8) is 0 Å². The molecule has 0 amide bonds. The topological polar surface area (TPSA) is 121 Å². The third-order valence-corrected chi connectivity index (χ3v) is 8.34. The highest BCUT2D eigenvalue weighted by Gasteiger charge is 2.37. The van der Waals surface area contributed by atoms with E-state index in [-0.39, 0.29) is 42.5 Å². The maximum Gasteiger partial charge on any atom is 0.416 e. The molecule has 0 aliphatic carbocycles. The van der Waals surface area contributed by atoms with E-state index < -0.39 is 38.7 Å². The average molecular weight is 604 g/mol. The summed E-state index contributed by atoms with van der Waals surface area (Å²) in [5.41, 5.74) is -0.145. The molecule has 1 aliphatic heterocycles. The molecule has 0 spiro atoms. The van der Waals surface area contributed by atoms with Crippen molar-refractivity contribution in [2.24, 2.45) is 0 Å². The van der Waals surface area contributed by atoms with Gasteiger partial charge in [0.05, 0.1) is 42.5 Å². The highest BCUT2D eigenvalue weighted by Crippen LogP contribution is 2.41. The largest absolute Gasteiger partial charge is 0.496 e. The van der Waals surface area contributed by atoms with E-state index in [1.807, 2.05) is 0 Å². The fourth-order valence-corrected chi connectivity index (χ4v) is 5.99. The zero-order chi connectivity index (χ0) is 30.1. The Morgan fingerprint density at radius 3 is 2.60 bits per heavy atom. The molecule has 2 heterocycles. The lowest BCUT2D eigenvalue weighted by molar-refractivity contribution is -0.141. The number of alkyl halides is 3. The maximum atomic E-state index is 13.8. The summed E-state index contributed by atoms with van der Waals surface area (Å²) in [7, 11) is -1.80. The summed E-state index contributed by atoms with van der Waals surface area (Å²) in [5.74, 6) is 0.414. The normalized spacial score (nSPS) is 15.1. The van der Waals surface area contributed by atoms with E-state index in [1.54, 1.807) is 30.3 Å². The molecule has 14 heteroatoms. The predicted octanol–water partition coefficient (Wildman–Crippen LogP) is 5.34. The molecule has 1 aromatic heterocycles. The molecular formula is C28H24F3N3O7S. The van der Waals surface area contributed by atoms with Crippen molar-refractivity contribution in [2.45, 2.75) is 30.0 Å². The number of esters is 1. The quantitative estimate of drug-likeness (QED) is 0.246. The van der Waals surface area contributed by atoms with Gasteiger partial charge in [0.15, 0.2) is 0 Å². The number of halogens is 3. The summed E-state index contributed by atoms with van der Waals surface area (Å²) in [6.07, 6.45) is -5.48. The highest BCUT2D eigenvalue weighted by molar-refractivity contribution is 7.92. The number of carbonyl (C=O) groups is 1. The molecule has 0 bridgehead atoms. The first-order chi connectivity index (χ1) is 20.0. The first kappa shape index (κ1) is 28.9. The fraction of sp³-hybridized carbons (Fsp3) is 0.250.